The Morgan fingerprint density at radius 2 is 1.71 bits per heavy atom. The van der Waals surface area contributed by atoms with E-state index in [1.807, 2.05) is 0 Å². The first-order valence-corrected chi connectivity index (χ1v) is 9.47. The van der Waals surface area contributed by atoms with Gasteiger partial charge in [-0.15, -0.1) is 0 Å². The van der Waals surface area contributed by atoms with Crippen LogP contribution in [0, 0.1) is 19.7 Å². The fraction of sp³-hybridized carbons (Fsp3) is 0.174. The molecule has 8 heteroatoms. The predicted octanol–water partition coefficient (Wildman–Crippen LogP) is 5.53. The van der Waals surface area contributed by atoms with Crippen molar-refractivity contribution in [2.24, 2.45) is 0 Å². The quantitative estimate of drug-likeness (QED) is 0.638. The van der Waals surface area contributed by atoms with Crippen molar-refractivity contribution in [1.82, 2.24) is 10.2 Å². The second kappa shape index (κ2) is 7.30. The van der Waals surface area contributed by atoms with Crippen molar-refractivity contribution in [2.45, 2.75) is 20.0 Å². The van der Waals surface area contributed by atoms with Crippen LogP contribution < -0.4 is 10.2 Å². The van der Waals surface area contributed by atoms with Crippen molar-refractivity contribution in [3.05, 3.63) is 94.7 Å². The molecule has 4 nitrogen and oxygen atoms in total. The first kappa shape index (κ1) is 20.7. The molecular weight excluding hydrogens is 410 g/mol. The van der Waals surface area contributed by atoms with Crippen LogP contribution in [0.2, 0.25) is 0 Å². The molecule has 2 heterocycles. The molecule has 2 aliphatic rings. The van der Waals surface area contributed by atoms with Gasteiger partial charge in [-0.3, -0.25) is 9.69 Å². The summed E-state index contributed by atoms with van der Waals surface area (Å²) in [5.41, 5.74) is 2.23. The van der Waals surface area contributed by atoms with Gasteiger partial charge in [0.25, 0.3) is 5.91 Å². The monoisotopic (exact) mass is 429 g/mol. The van der Waals surface area contributed by atoms with Crippen LogP contribution in [0.1, 0.15) is 27.0 Å². The largest absolute Gasteiger partial charge is 0.416 e. The highest BCUT2D eigenvalue weighted by Gasteiger charge is 2.37. The number of halogens is 4. The summed E-state index contributed by atoms with van der Waals surface area (Å²) in [7, 11) is 0. The lowest BCUT2D eigenvalue weighted by atomic mass is 10.0. The van der Waals surface area contributed by atoms with E-state index >= 15 is 0 Å². The third kappa shape index (κ3) is 3.69. The summed E-state index contributed by atoms with van der Waals surface area (Å²) in [6, 6.07) is 5.70. The van der Waals surface area contributed by atoms with Crippen molar-refractivity contribution in [3.63, 3.8) is 0 Å². The number of amides is 1. The Morgan fingerprint density at radius 3 is 2.29 bits per heavy atom. The van der Waals surface area contributed by atoms with Gasteiger partial charge in [0.1, 0.15) is 12.5 Å². The molecule has 0 spiro atoms. The molecule has 160 valence electrons. The highest BCUT2D eigenvalue weighted by atomic mass is 19.4. The standard InChI is InChI=1S/C23H19F4N3O/c1-13-8-17(24)9-14(2)21(13)30-12-29(18-6-4-15(3)28-11-18)22(31)19-7-5-16(10-20(19)30)23(25,26)27/h4-11,28H,3,12H2,1-2H3. The normalized spacial score (nSPS) is 16.3. The van der Waals surface area contributed by atoms with Gasteiger partial charge in [0.2, 0.25) is 0 Å². The van der Waals surface area contributed by atoms with Crippen LogP contribution >= 0.6 is 0 Å². The maximum atomic E-state index is 13.9. The molecule has 0 atom stereocenters. The topological polar surface area (TPSA) is 35.6 Å². The minimum atomic E-state index is -4.56. The minimum Gasteiger partial charge on any atom is -0.360 e. The molecule has 31 heavy (non-hydrogen) atoms. The molecule has 0 fully saturated rings. The van der Waals surface area contributed by atoms with E-state index in [9.17, 15) is 22.4 Å². The number of allylic oxidation sites excluding steroid dienone is 2. The molecular formula is C23H19F4N3O. The number of anilines is 2. The minimum absolute atomic E-state index is 0.0369. The van der Waals surface area contributed by atoms with Gasteiger partial charge in [0.15, 0.2) is 0 Å². The summed E-state index contributed by atoms with van der Waals surface area (Å²) in [5.74, 6) is -0.865. The zero-order chi connectivity index (χ0) is 22.5. The average molecular weight is 429 g/mol. The smallest absolute Gasteiger partial charge is 0.360 e. The van der Waals surface area contributed by atoms with Gasteiger partial charge in [-0.25, -0.2) is 4.39 Å². The number of nitrogens with zero attached hydrogens (tertiary/aromatic N) is 2. The number of nitrogens with one attached hydrogen (secondary N) is 1. The van der Waals surface area contributed by atoms with Crippen LogP contribution in [0.3, 0.4) is 0 Å². The second-order valence-corrected chi connectivity index (χ2v) is 7.49. The summed E-state index contributed by atoms with van der Waals surface area (Å²) >= 11 is 0. The number of aryl methyl sites for hydroxylation is 2. The van der Waals surface area contributed by atoms with Gasteiger partial charge >= 0.3 is 6.18 Å². The summed E-state index contributed by atoms with van der Waals surface area (Å²) in [5, 5.41) is 2.93. The Kier molecular flexibility index (Phi) is 4.88. The Labute approximate surface area is 176 Å². The van der Waals surface area contributed by atoms with E-state index in [0.29, 0.717) is 28.2 Å². The van der Waals surface area contributed by atoms with Gasteiger partial charge in [-0.1, -0.05) is 6.58 Å². The lowest BCUT2D eigenvalue weighted by Crippen LogP contribution is -2.45. The first-order chi connectivity index (χ1) is 14.6. The van der Waals surface area contributed by atoms with Crippen LogP contribution in [0.15, 0.2) is 66.7 Å². The lowest BCUT2D eigenvalue weighted by Gasteiger charge is -2.40. The van der Waals surface area contributed by atoms with Crippen LogP contribution in [0.5, 0.6) is 0 Å². The van der Waals surface area contributed by atoms with Crippen molar-refractivity contribution in [2.75, 3.05) is 11.6 Å². The summed E-state index contributed by atoms with van der Waals surface area (Å²) < 4.78 is 54.1. The number of hydrogen-bond donors (Lipinski definition) is 1. The highest BCUT2D eigenvalue weighted by Crippen LogP contribution is 2.41. The van der Waals surface area contributed by atoms with Gasteiger partial charge in [-0.05, 0) is 67.5 Å². The molecule has 4 rings (SSSR count). The van der Waals surface area contributed by atoms with E-state index in [4.69, 9.17) is 0 Å². The molecule has 0 aromatic heterocycles. The van der Waals surface area contributed by atoms with Crippen molar-refractivity contribution >= 4 is 17.3 Å². The molecule has 2 aliphatic heterocycles. The lowest BCUT2D eigenvalue weighted by molar-refractivity contribution is -0.137. The van der Waals surface area contributed by atoms with Crippen molar-refractivity contribution < 1.29 is 22.4 Å². The van der Waals surface area contributed by atoms with E-state index in [0.717, 1.165) is 12.1 Å². The Bertz CT molecular complexity index is 1140. The molecule has 1 amide bonds. The molecule has 0 saturated heterocycles. The summed E-state index contributed by atoms with van der Waals surface area (Å²) in [6.07, 6.45) is 0.447. The molecule has 1 N–H and O–H groups in total. The Balaban J connectivity index is 1.91. The summed E-state index contributed by atoms with van der Waals surface area (Å²) in [4.78, 5) is 16.3. The molecule has 0 unspecified atom stereocenters. The zero-order valence-electron chi connectivity index (χ0n) is 16.8. The number of carbonyl (C=O) groups excluding carboxylic acids is 1. The predicted molar refractivity (Wildman–Crippen MR) is 110 cm³/mol. The zero-order valence-corrected chi connectivity index (χ0v) is 16.8. The molecule has 0 saturated carbocycles. The Hall–Kier alpha value is -3.55. The molecule has 0 radical (unpaired) electrons. The second-order valence-electron chi connectivity index (χ2n) is 7.49. The van der Waals surface area contributed by atoms with Gasteiger partial charge in [0, 0.05) is 17.6 Å². The van der Waals surface area contributed by atoms with E-state index in [1.54, 1.807) is 37.1 Å². The fourth-order valence-electron chi connectivity index (χ4n) is 3.87. The van der Waals surface area contributed by atoms with Gasteiger partial charge in [0.05, 0.1) is 22.5 Å². The van der Waals surface area contributed by atoms with Crippen molar-refractivity contribution in [3.8, 4) is 0 Å². The first-order valence-electron chi connectivity index (χ1n) is 9.47. The third-order valence-electron chi connectivity index (χ3n) is 5.27. The highest BCUT2D eigenvalue weighted by molar-refractivity contribution is 6.04. The SMILES string of the molecule is C=C1C=CC(N2CN(c3c(C)cc(F)cc3C)c3cc(C(F)(F)F)ccc3C2=O)=CN1. The van der Waals surface area contributed by atoms with Crippen LogP contribution in [-0.2, 0) is 6.18 Å². The number of alkyl halides is 3. The number of dihydropyridines is 1. The van der Waals surface area contributed by atoms with Crippen LogP contribution in [0.25, 0.3) is 0 Å². The van der Waals surface area contributed by atoms with E-state index in [-0.39, 0.29) is 17.9 Å². The van der Waals surface area contributed by atoms with E-state index in [2.05, 4.69) is 11.9 Å². The third-order valence-corrected chi connectivity index (χ3v) is 5.27. The number of hydrogen-bond acceptors (Lipinski definition) is 3. The number of benzene rings is 2. The van der Waals surface area contributed by atoms with Crippen molar-refractivity contribution in [1.29, 1.82) is 0 Å². The van der Waals surface area contributed by atoms with E-state index < -0.39 is 23.5 Å². The maximum Gasteiger partial charge on any atom is 0.416 e. The Morgan fingerprint density at radius 1 is 1.03 bits per heavy atom. The molecule has 2 aromatic carbocycles. The maximum absolute atomic E-state index is 13.9. The fourth-order valence-corrected chi connectivity index (χ4v) is 3.87. The molecule has 2 aromatic rings. The average Bonchev–Trinajstić information content (AvgIpc) is 2.69. The number of rotatable bonds is 2. The van der Waals surface area contributed by atoms with E-state index in [1.165, 1.54) is 23.1 Å². The summed E-state index contributed by atoms with van der Waals surface area (Å²) in [6.45, 7) is 7.11. The number of fused-ring (bicyclic) bond motifs is 1. The number of carbonyl (C=O) groups is 1. The molecule has 0 bridgehead atoms. The van der Waals surface area contributed by atoms with Gasteiger partial charge < -0.3 is 10.2 Å². The van der Waals surface area contributed by atoms with Crippen LogP contribution in [0.4, 0.5) is 28.9 Å². The molecule has 0 aliphatic carbocycles. The van der Waals surface area contributed by atoms with Gasteiger partial charge in [-0.2, -0.15) is 13.2 Å². The van der Waals surface area contributed by atoms with Crippen LogP contribution in [-0.4, -0.2) is 17.5 Å².